The zero-order valence-electron chi connectivity index (χ0n) is 25.0. The maximum Gasteiger partial charge on any atom is 0.338 e. The normalized spacial score (nSPS) is 14.6. The molecule has 8 nitrogen and oxygen atoms in total. The number of ether oxygens (including phenoxy) is 3. The van der Waals surface area contributed by atoms with Crippen LogP contribution in [0.2, 0.25) is 0 Å². The highest BCUT2D eigenvalue weighted by atomic mass is 32.1. The minimum absolute atomic E-state index is 0.201. The molecule has 1 atom stereocenters. The molecular weight excluding hydrogens is 562 g/mol. The number of esters is 1. The van der Waals surface area contributed by atoms with Gasteiger partial charge in [-0.2, -0.15) is 0 Å². The van der Waals surface area contributed by atoms with E-state index in [0.29, 0.717) is 45.3 Å². The van der Waals surface area contributed by atoms with E-state index in [0.717, 1.165) is 22.4 Å². The monoisotopic (exact) mass is 597 g/mol. The lowest BCUT2D eigenvalue weighted by Gasteiger charge is -2.23. The summed E-state index contributed by atoms with van der Waals surface area (Å²) in [5.74, 6) is 0.634. The van der Waals surface area contributed by atoms with Gasteiger partial charge in [-0.25, -0.2) is 9.79 Å². The molecule has 0 amide bonds. The van der Waals surface area contributed by atoms with Crippen molar-refractivity contribution in [3.05, 3.63) is 115 Å². The van der Waals surface area contributed by atoms with E-state index in [2.05, 4.69) is 0 Å². The van der Waals surface area contributed by atoms with Gasteiger partial charge >= 0.3 is 5.97 Å². The standard InChI is InChI=1S/C34H35N3O5S/c1-6-40-28-20-25(15-18-27(28)42-21-24-11-9-8-10-12-24)31-30(33(39)41-7-2)22(3)37-32(38)29(43-34(37)35-31)19-23-13-16-26(17-14-23)36(4)5/h8-20,31H,6-7,21H2,1-5H3/b29-19-/t31-/m1/s1. The van der Waals surface area contributed by atoms with Crippen molar-refractivity contribution in [3.8, 4) is 11.5 Å². The van der Waals surface area contributed by atoms with Crippen molar-refractivity contribution in [1.29, 1.82) is 0 Å². The average Bonchev–Trinajstić information content (AvgIpc) is 3.32. The Hall–Kier alpha value is -4.63. The molecule has 0 aliphatic carbocycles. The highest BCUT2D eigenvalue weighted by Crippen LogP contribution is 2.37. The van der Waals surface area contributed by atoms with Gasteiger partial charge in [0.05, 0.1) is 23.3 Å². The number of hydrogen-bond donors (Lipinski definition) is 0. The van der Waals surface area contributed by atoms with Crippen LogP contribution in [-0.4, -0.2) is 37.8 Å². The van der Waals surface area contributed by atoms with Crippen LogP contribution in [-0.2, 0) is 16.1 Å². The van der Waals surface area contributed by atoms with Crippen molar-refractivity contribution in [2.24, 2.45) is 4.99 Å². The maximum atomic E-state index is 13.6. The number of carbonyl (C=O) groups excluding carboxylic acids is 1. The van der Waals surface area contributed by atoms with Crippen molar-refractivity contribution in [2.45, 2.75) is 33.4 Å². The molecule has 9 heteroatoms. The summed E-state index contributed by atoms with van der Waals surface area (Å²) in [6.07, 6.45) is 1.85. The second-order valence-electron chi connectivity index (χ2n) is 10.2. The third-order valence-corrected chi connectivity index (χ3v) is 8.05. The van der Waals surface area contributed by atoms with Crippen molar-refractivity contribution in [3.63, 3.8) is 0 Å². The molecule has 4 aromatic rings. The van der Waals surface area contributed by atoms with Gasteiger partial charge in [0.15, 0.2) is 16.3 Å². The number of allylic oxidation sites excluding steroid dienone is 1. The van der Waals surface area contributed by atoms with Gasteiger partial charge in [-0.1, -0.05) is 59.9 Å². The third-order valence-electron chi connectivity index (χ3n) is 7.07. The minimum Gasteiger partial charge on any atom is -0.490 e. The molecule has 222 valence electrons. The maximum absolute atomic E-state index is 13.6. The molecule has 0 saturated carbocycles. The van der Waals surface area contributed by atoms with Crippen molar-refractivity contribution < 1.29 is 19.0 Å². The molecular formula is C34H35N3O5S. The van der Waals surface area contributed by atoms with Gasteiger partial charge in [0.1, 0.15) is 12.6 Å². The molecule has 1 aliphatic rings. The number of hydrogen-bond acceptors (Lipinski definition) is 8. The van der Waals surface area contributed by atoms with Crippen molar-refractivity contribution in [2.75, 3.05) is 32.2 Å². The van der Waals surface area contributed by atoms with Crippen molar-refractivity contribution >= 4 is 34.8 Å². The molecule has 0 spiro atoms. The van der Waals surface area contributed by atoms with E-state index in [1.165, 1.54) is 15.9 Å². The van der Waals surface area contributed by atoms with Crippen LogP contribution in [0, 0.1) is 0 Å². The van der Waals surface area contributed by atoms with Crippen LogP contribution in [0.25, 0.3) is 11.8 Å². The predicted molar refractivity (Wildman–Crippen MR) is 170 cm³/mol. The second kappa shape index (κ2) is 13.1. The highest BCUT2D eigenvalue weighted by molar-refractivity contribution is 7.07. The van der Waals surface area contributed by atoms with Gasteiger partial charge in [-0.3, -0.25) is 9.36 Å². The van der Waals surface area contributed by atoms with E-state index < -0.39 is 12.0 Å². The number of thiazole rings is 1. The first kappa shape index (κ1) is 29.8. The summed E-state index contributed by atoms with van der Waals surface area (Å²) < 4.78 is 19.5. The molecule has 2 heterocycles. The summed E-state index contributed by atoms with van der Waals surface area (Å²) >= 11 is 1.30. The highest BCUT2D eigenvalue weighted by Gasteiger charge is 2.32. The number of carbonyl (C=O) groups is 1. The van der Waals surface area contributed by atoms with Crippen LogP contribution in [0.1, 0.15) is 43.5 Å². The molecule has 0 radical (unpaired) electrons. The van der Waals surface area contributed by atoms with Gasteiger partial charge in [0.2, 0.25) is 0 Å². The molecule has 3 aromatic carbocycles. The fraction of sp³-hybridized carbons (Fsp3) is 0.265. The number of fused-ring (bicyclic) bond motifs is 1. The minimum atomic E-state index is -0.688. The number of rotatable bonds is 10. The fourth-order valence-electron chi connectivity index (χ4n) is 4.90. The van der Waals surface area contributed by atoms with E-state index in [4.69, 9.17) is 19.2 Å². The molecule has 0 N–H and O–H groups in total. The number of nitrogens with zero attached hydrogens (tertiary/aromatic N) is 3. The fourth-order valence-corrected chi connectivity index (χ4v) is 5.94. The number of anilines is 1. The van der Waals surface area contributed by atoms with Crippen LogP contribution >= 0.6 is 11.3 Å². The summed E-state index contributed by atoms with van der Waals surface area (Å²) in [7, 11) is 3.96. The summed E-state index contributed by atoms with van der Waals surface area (Å²) in [5.41, 5.74) is 4.33. The Balaban J connectivity index is 1.58. The van der Waals surface area contributed by atoms with Crippen molar-refractivity contribution in [1.82, 2.24) is 4.57 Å². The Morgan fingerprint density at radius 3 is 2.40 bits per heavy atom. The largest absolute Gasteiger partial charge is 0.490 e. The van der Waals surface area contributed by atoms with Gasteiger partial charge in [-0.05, 0) is 67.8 Å². The van der Waals surface area contributed by atoms with Gasteiger partial charge < -0.3 is 19.1 Å². The lowest BCUT2D eigenvalue weighted by molar-refractivity contribution is -0.138. The Bertz CT molecular complexity index is 1820. The van der Waals surface area contributed by atoms with E-state index in [1.54, 1.807) is 13.8 Å². The predicted octanol–water partition coefficient (Wildman–Crippen LogP) is 4.95. The summed E-state index contributed by atoms with van der Waals surface area (Å²) in [5, 5.41) is 0. The van der Waals surface area contributed by atoms with Crippen LogP contribution < -0.4 is 29.3 Å². The van der Waals surface area contributed by atoms with Gasteiger partial charge in [0.25, 0.3) is 5.56 Å². The Kier molecular flexibility index (Phi) is 9.11. The summed E-state index contributed by atoms with van der Waals surface area (Å²) in [6.45, 7) is 6.45. The van der Waals surface area contributed by atoms with Crippen LogP contribution in [0.5, 0.6) is 11.5 Å². The molecule has 0 unspecified atom stereocenters. The van der Waals surface area contributed by atoms with Gasteiger partial charge in [0, 0.05) is 25.5 Å². The van der Waals surface area contributed by atoms with E-state index in [-0.39, 0.29) is 12.2 Å². The third kappa shape index (κ3) is 6.41. The summed E-state index contributed by atoms with van der Waals surface area (Å²) in [4.78, 5) is 34.4. The molecule has 0 saturated heterocycles. The molecule has 0 bridgehead atoms. The molecule has 43 heavy (non-hydrogen) atoms. The second-order valence-corrected chi connectivity index (χ2v) is 11.2. The lowest BCUT2D eigenvalue weighted by atomic mass is 9.96. The zero-order chi connectivity index (χ0) is 30.5. The lowest BCUT2D eigenvalue weighted by Crippen LogP contribution is -2.35. The molecule has 0 fully saturated rings. The molecule has 1 aliphatic heterocycles. The van der Waals surface area contributed by atoms with Crippen LogP contribution in [0.4, 0.5) is 5.69 Å². The first-order valence-corrected chi connectivity index (χ1v) is 15.0. The van der Waals surface area contributed by atoms with Crippen LogP contribution in [0.3, 0.4) is 0 Å². The Morgan fingerprint density at radius 2 is 1.72 bits per heavy atom. The Labute approximate surface area is 254 Å². The topological polar surface area (TPSA) is 82.4 Å². The Morgan fingerprint density at radius 1 is 0.977 bits per heavy atom. The van der Waals surface area contributed by atoms with Gasteiger partial charge in [-0.15, -0.1) is 0 Å². The van der Waals surface area contributed by atoms with E-state index in [1.807, 2.05) is 105 Å². The molecule has 1 aromatic heterocycles. The average molecular weight is 598 g/mol. The van der Waals surface area contributed by atoms with E-state index >= 15 is 0 Å². The first-order chi connectivity index (χ1) is 20.8. The quantitative estimate of drug-likeness (QED) is 0.241. The first-order valence-electron chi connectivity index (χ1n) is 14.2. The van der Waals surface area contributed by atoms with E-state index in [9.17, 15) is 9.59 Å². The zero-order valence-corrected chi connectivity index (χ0v) is 25.8. The molecule has 5 rings (SSSR count). The van der Waals surface area contributed by atoms with Crippen LogP contribution in [0.15, 0.2) is 88.2 Å². The summed E-state index contributed by atoms with van der Waals surface area (Å²) in [6, 6.07) is 22.7. The smallest absolute Gasteiger partial charge is 0.338 e. The number of benzene rings is 3. The SMILES string of the molecule is CCOC(=O)C1=C(C)n2c(s/c(=C\c3ccc(N(C)C)cc3)c2=O)=N[C@@H]1c1ccc(OCc2ccccc2)c(OCC)c1. The number of aromatic nitrogens is 1.